The molecule has 3 N–H and O–H groups in total. The lowest BCUT2D eigenvalue weighted by Gasteiger charge is -2.37. The minimum Gasteiger partial charge on any atom is -0.380 e. The second kappa shape index (κ2) is 6.20. The fraction of sp³-hybridized carbons (Fsp3) is 0.438. The maximum absolute atomic E-state index is 13.3. The minimum absolute atomic E-state index is 0.103. The van der Waals surface area contributed by atoms with Crippen molar-refractivity contribution in [1.29, 1.82) is 0 Å². The third-order valence-electron chi connectivity index (χ3n) is 3.63. The summed E-state index contributed by atoms with van der Waals surface area (Å²) >= 11 is 0. The van der Waals surface area contributed by atoms with Gasteiger partial charge in [0.1, 0.15) is 5.82 Å². The van der Waals surface area contributed by atoms with E-state index >= 15 is 0 Å². The van der Waals surface area contributed by atoms with E-state index in [-0.39, 0.29) is 11.1 Å². The van der Waals surface area contributed by atoms with Crippen molar-refractivity contribution in [3.8, 4) is 12.3 Å². The van der Waals surface area contributed by atoms with Crippen molar-refractivity contribution in [2.24, 2.45) is 5.73 Å². The number of halogens is 4. The lowest BCUT2D eigenvalue weighted by molar-refractivity contribution is -0.264. The molecule has 0 saturated carbocycles. The molecular weight excluding hydrogens is 314 g/mol. The highest BCUT2D eigenvalue weighted by Crippen LogP contribution is 2.43. The largest absolute Gasteiger partial charge is 0.418 e. The van der Waals surface area contributed by atoms with Gasteiger partial charge in [0, 0.05) is 12.0 Å². The third kappa shape index (κ3) is 4.02. The van der Waals surface area contributed by atoms with Gasteiger partial charge in [0.05, 0.1) is 0 Å². The summed E-state index contributed by atoms with van der Waals surface area (Å²) in [5.74, 6) is 0.0991. The third-order valence-corrected chi connectivity index (χ3v) is 3.63. The highest BCUT2D eigenvalue weighted by Gasteiger charge is 2.55. The minimum atomic E-state index is -4.95. The van der Waals surface area contributed by atoms with Gasteiger partial charge in [0.25, 0.3) is 0 Å². The first-order valence-corrected chi connectivity index (χ1v) is 6.66. The van der Waals surface area contributed by atoms with Gasteiger partial charge in [0.2, 0.25) is 5.91 Å². The van der Waals surface area contributed by atoms with Crippen molar-refractivity contribution < 1.29 is 27.5 Å². The van der Waals surface area contributed by atoms with Crippen LogP contribution in [0.1, 0.15) is 42.6 Å². The average molecular weight is 331 g/mol. The maximum Gasteiger partial charge on any atom is 0.418 e. The molecule has 0 aliphatic carbocycles. The molecule has 1 unspecified atom stereocenters. The zero-order valence-corrected chi connectivity index (χ0v) is 12.7. The number of benzene rings is 1. The monoisotopic (exact) mass is 331 g/mol. The molecule has 1 amide bonds. The number of alkyl halides is 3. The van der Waals surface area contributed by atoms with Crippen LogP contribution in [-0.2, 0) is 5.41 Å². The number of carbonyl (C=O) groups is 1. The number of hydrogen-bond acceptors (Lipinski definition) is 2. The van der Waals surface area contributed by atoms with Crippen molar-refractivity contribution in [1.82, 2.24) is 0 Å². The van der Waals surface area contributed by atoms with Crippen LogP contribution in [0.5, 0.6) is 0 Å². The number of nitrogens with two attached hydrogens (primary N) is 1. The SMILES string of the molecule is C#CCC(O)(CC(C)(C)c1ccc(F)cc1C(N)=O)C(F)(F)F. The highest BCUT2D eigenvalue weighted by atomic mass is 19.4. The Morgan fingerprint density at radius 2 is 1.91 bits per heavy atom. The average Bonchev–Trinajstić information content (AvgIpc) is 2.36. The van der Waals surface area contributed by atoms with Crippen LogP contribution >= 0.6 is 0 Å². The fourth-order valence-electron chi connectivity index (χ4n) is 2.57. The van der Waals surface area contributed by atoms with E-state index in [0.29, 0.717) is 0 Å². The Labute approximate surface area is 131 Å². The number of carbonyl (C=O) groups excluding carboxylic acids is 1. The molecule has 0 aliphatic heterocycles. The predicted molar refractivity (Wildman–Crippen MR) is 77.0 cm³/mol. The Morgan fingerprint density at radius 1 is 1.35 bits per heavy atom. The zero-order valence-electron chi connectivity index (χ0n) is 12.7. The van der Waals surface area contributed by atoms with Crippen molar-refractivity contribution in [2.45, 2.75) is 43.9 Å². The molecule has 0 fully saturated rings. The molecule has 1 atom stereocenters. The summed E-state index contributed by atoms with van der Waals surface area (Å²) in [4.78, 5) is 11.4. The zero-order chi connectivity index (χ0) is 18.1. The van der Waals surface area contributed by atoms with E-state index in [9.17, 15) is 27.5 Å². The first kappa shape index (κ1) is 19.0. The Kier molecular flexibility index (Phi) is 5.12. The molecule has 0 saturated heterocycles. The molecule has 1 aromatic carbocycles. The summed E-state index contributed by atoms with van der Waals surface area (Å²) in [6, 6.07) is 3.05. The Balaban J connectivity index is 3.37. The van der Waals surface area contributed by atoms with Gasteiger partial charge in [-0.15, -0.1) is 12.3 Å². The van der Waals surface area contributed by atoms with Crippen LogP contribution in [0.3, 0.4) is 0 Å². The molecule has 7 heteroatoms. The number of terminal acetylenes is 1. The number of amides is 1. The Morgan fingerprint density at radius 3 is 2.35 bits per heavy atom. The molecule has 1 rings (SSSR count). The molecule has 0 radical (unpaired) electrons. The fourth-order valence-corrected chi connectivity index (χ4v) is 2.57. The van der Waals surface area contributed by atoms with E-state index < -0.39 is 41.8 Å². The van der Waals surface area contributed by atoms with Crippen LogP contribution in [0.2, 0.25) is 0 Å². The normalized spacial score (nSPS) is 14.9. The molecule has 0 spiro atoms. The second-order valence-electron chi connectivity index (χ2n) is 6.03. The van der Waals surface area contributed by atoms with Gasteiger partial charge >= 0.3 is 6.18 Å². The molecular formula is C16H17F4NO2. The standard InChI is InChI=1S/C16H17F4NO2/c1-4-7-15(23,16(18,19)20)9-14(2,3)12-6-5-10(17)8-11(12)13(21)22/h1,5-6,8,23H,7,9H2,2-3H3,(H2,21,22). The van der Waals surface area contributed by atoms with Gasteiger partial charge in [-0.2, -0.15) is 13.2 Å². The van der Waals surface area contributed by atoms with Gasteiger partial charge in [-0.25, -0.2) is 4.39 Å². The first-order chi connectivity index (χ1) is 10.3. The van der Waals surface area contributed by atoms with Gasteiger partial charge in [0.15, 0.2) is 5.60 Å². The second-order valence-corrected chi connectivity index (χ2v) is 6.03. The van der Waals surface area contributed by atoms with Crippen molar-refractivity contribution >= 4 is 5.91 Å². The van der Waals surface area contributed by atoms with E-state index in [1.807, 2.05) is 5.92 Å². The van der Waals surface area contributed by atoms with Crippen molar-refractivity contribution in [2.75, 3.05) is 0 Å². The molecule has 0 aliphatic rings. The van der Waals surface area contributed by atoms with Crippen molar-refractivity contribution in [3.63, 3.8) is 0 Å². The molecule has 3 nitrogen and oxygen atoms in total. The van der Waals surface area contributed by atoms with Crippen LogP contribution < -0.4 is 5.73 Å². The van der Waals surface area contributed by atoms with E-state index in [2.05, 4.69) is 0 Å². The quantitative estimate of drug-likeness (QED) is 0.644. The van der Waals surface area contributed by atoms with Crippen LogP contribution in [0.25, 0.3) is 0 Å². The number of hydrogen-bond donors (Lipinski definition) is 2. The summed E-state index contributed by atoms with van der Waals surface area (Å²) in [5, 5.41) is 9.97. The van der Waals surface area contributed by atoms with Crippen LogP contribution in [0.15, 0.2) is 18.2 Å². The molecule has 23 heavy (non-hydrogen) atoms. The summed E-state index contributed by atoms with van der Waals surface area (Å²) in [7, 11) is 0. The van der Waals surface area contributed by atoms with E-state index in [1.54, 1.807) is 0 Å². The summed E-state index contributed by atoms with van der Waals surface area (Å²) in [6.07, 6.45) is -1.77. The van der Waals surface area contributed by atoms with E-state index in [1.165, 1.54) is 19.9 Å². The molecule has 0 bridgehead atoms. The summed E-state index contributed by atoms with van der Waals surface area (Å²) < 4.78 is 52.8. The first-order valence-electron chi connectivity index (χ1n) is 6.66. The van der Waals surface area contributed by atoms with Gasteiger partial charge in [-0.3, -0.25) is 4.79 Å². The summed E-state index contributed by atoms with van der Waals surface area (Å²) in [6.45, 7) is 2.78. The maximum atomic E-state index is 13.3. The van der Waals surface area contributed by atoms with Gasteiger partial charge in [-0.1, -0.05) is 19.9 Å². The van der Waals surface area contributed by atoms with Gasteiger partial charge in [-0.05, 0) is 29.5 Å². The number of rotatable bonds is 5. The molecule has 0 heterocycles. The predicted octanol–water partition coefficient (Wildman–Crippen LogP) is 2.91. The lowest BCUT2D eigenvalue weighted by Crippen LogP contribution is -2.49. The van der Waals surface area contributed by atoms with Crippen LogP contribution in [0.4, 0.5) is 17.6 Å². The molecule has 1 aromatic rings. The number of aliphatic hydroxyl groups is 1. The van der Waals surface area contributed by atoms with E-state index in [0.717, 1.165) is 12.1 Å². The van der Waals surface area contributed by atoms with E-state index in [4.69, 9.17) is 12.2 Å². The van der Waals surface area contributed by atoms with Crippen molar-refractivity contribution in [3.05, 3.63) is 35.1 Å². The summed E-state index contributed by atoms with van der Waals surface area (Å²) in [5.41, 5.74) is 0.568. The smallest absolute Gasteiger partial charge is 0.380 e. The topological polar surface area (TPSA) is 63.3 Å². The Hall–Kier alpha value is -2.07. The van der Waals surface area contributed by atoms with Crippen LogP contribution in [0, 0.1) is 18.2 Å². The highest BCUT2D eigenvalue weighted by molar-refractivity contribution is 5.94. The molecule has 126 valence electrons. The lowest BCUT2D eigenvalue weighted by atomic mass is 9.72. The molecule has 0 aromatic heterocycles. The van der Waals surface area contributed by atoms with Crippen LogP contribution in [-0.4, -0.2) is 22.8 Å². The van der Waals surface area contributed by atoms with Gasteiger partial charge < -0.3 is 10.8 Å². The Bertz CT molecular complexity index is 646. The number of primary amides is 1.